The molecule has 1 aliphatic rings. The first-order valence-electron chi connectivity index (χ1n) is 10.6. The zero-order valence-electron chi connectivity index (χ0n) is 18.4. The standard InChI is InChI=1S/C24H30N4O3/c1-17-6-4-7-18(2)24(17)26-22(30)16-27(3)15-13-21(29)25-19-9-11-20(12-10-19)28-14-5-8-23(28)31/h4,6-7,9-12H,5,8,13-16H2,1-3H3,(H,25,29)(H,26,30). The fraction of sp³-hybridized carbons (Fsp3) is 0.375. The summed E-state index contributed by atoms with van der Waals surface area (Å²) in [6.45, 7) is 5.35. The molecule has 0 bridgehead atoms. The molecule has 31 heavy (non-hydrogen) atoms. The fourth-order valence-corrected chi connectivity index (χ4v) is 3.68. The molecule has 7 heteroatoms. The van der Waals surface area contributed by atoms with Gasteiger partial charge in [-0.05, 0) is 62.7 Å². The highest BCUT2D eigenvalue weighted by atomic mass is 16.2. The van der Waals surface area contributed by atoms with Gasteiger partial charge in [-0.3, -0.25) is 19.3 Å². The van der Waals surface area contributed by atoms with E-state index in [1.165, 1.54) is 0 Å². The summed E-state index contributed by atoms with van der Waals surface area (Å²) >= 11 is 0. The number of hydrogen-bond donors (Lipinski definition) is 2. The van der Waals surface area contributed by atoms with Gasteiger partial charge in [0.1, 0.15) is 0 Å². The molecule has 1 saturated heterocycles. The number of likely N-dealkylation sites (N-methyl/N-ethyl adjacent to an activating group) is 1. The van der Waals surface area contributed by atoms with Crippen LogP contribution in [0.3, 0.4) is 0 Å². The third kappa shape index (κ3) is 6.15. The molecule has 0 saturated carbocycles. The summed E-state index contributed by atoms with van der Waals surface area (Å²) in [6, 6.07) is 13.2. The summed E-state index contributed by atoms with van der Waals surface area (Å²) in [7, 11) is 1.82. The Bertz CT molecular complexity index is 936. The van der Waals surface area contributed by atoms with Crippen molar-refractivity contribution < 1.29 is 14.4 Å². The first kappa shape index (κ1) is 22.5. The Kier molecular flexibility index (Phi) is 7.41. The molecule has 2 aromatic rings. The lowest BCUT2D eigenvalue weighted by Crippen LogP contribution is -2.32. The molecule has 1 aliphatic heterocycles. The molecule has 1 fully saturated rings. The highest BCUT2D eigenvalue weighted by Gasteiger charge is 2.21. The van der Waals surface area contributed by atoms with Crippen molar-refractivity contribution in [3.8, 4) is 0 Å². The molecule has 164 valence electrons. The van der Waals surface area contributed by atoms with E-state index in [0.717, 1.165) is 35.5 Å². The van der Waals surface area contributed by atoms with Crippen LogP contribution in [0.4, 0.5) is 17.1 Å². The minimum atomic E-state index is -0.119. The van der Waals surface area contributed by atoms with Gasteiger partial charge in [0.25, 0.3) is 0 Å². The SMILES string of the molecule is Cc1cccc(C)c1NC(=O)CN(C)CCC(=O)Nc1ccc(N2CCCC2=O)cc1. The molecule has 0 unspecified atom stereocenters. The van der Waals surface area contributed by atoms with Gasteiger partial charge in [-0.1, -0.05) is 18.2 Å². The van der Waals surface area contributed by atoms with Gasteiger partial charge < -0.3 is 15.5 Å². The molecule has 1 heterocycles. The number of carbonyl (C=O) groups is 3. The van der Waals surface area contributed by atoms with Gasteiger partial charge in [-0.15, -0.1) is 0 Å². The van der Waals surface area contributed by atoms with E-state index in [2.05, 4.69) is 10.6 Å². The second kappa shape index (κ2) is 10.2. The molecular formula is C24H30N4O3. The summed E-state index contributed by atoms with van der Waals surface area (Å²) in [4.78, 5) is 40.0. The summed E-state index contributed by atoms with van der Waals surface area (Å²) in [5.41, 5.74) is 4.44. The smallest absolute Gasteiger partial charge is 0.238 e. The minimum absolute atomic E-state index is 0.104. The number of rotatable bonds is 8. The zero-order valence-corrected chi connectivity index (χ0v) is 18.4. The quantitative estimate of drug-likeness (QED) is 0.684. The number of hydrogen-bond acceptors (Lipinski definition) is 4. The lowest BCUT2D eigenvalue weighted by atomic mass is 10.1. The number of para-hydroxylation sites is 1. The molecule has 3 amide bonds. The van der Waals surface area contributed by atoms with Crippen LogP contribution in [0, 0.1) is 13.8 Å². The van der Waals surface area contributed by atoms with Gasteiger partial charge in [0.2, 0.25) is 17.7 Å². The van der Waals surface area contributed by atoms with Gasteiger partial charge in [0.15, 0.2) is 0 Å². The second-order valence-electron chi connectivity index (χ2n) is 8.05. The number of anilines is 3. The monoisotopic (exact) mass is 422 g/mol. The number of nitrogens with zero attached hydrogens (tertiary/aromatic N) is 2. The fourth-order valence-electron chi connectivity index (χ4n) is 3.68. The maximum atomic E-state index is 12.3. The van der Waals surface area contributed by atoms with Crippen molar-refractivity contribution in [3.63, 3.8) is 0 Å². The molecule has 2 aromatic carbocycles. The minimum Gasteiger partial charge on any atom is -0.326 e. The van der Waals surface area contributed by atoms with Crippen LogP contribution < -0.4 is 15.5 Å². The second-order valence-corrected chi connectivity index (χ2v) is 8.05. The summed E-state index contributed by atoms with van der Waals surface area (Å²) < 4.78 is 0. The summed E-state index contributed by atoms with van der Waals surface area (Å²) in [6.07, 6.45) is 1.75. The number of nitrogens with one attached hydrogen (secondary N) is 2. The van der Waals surface area contributed by atoms with Crippen LogP contribution >= 0.6 is 0 Å². The van der Waals surface area contributed by atoms with E-state index in [0.29, 0.717) is 18.7 Å². The van der Waals surface area contributed by atoms with E-state index >= 15 is 0 Å². The molecule has 0 aliphatic carbocycles. The first-order valence-corrected chi connectivity index (χ1v) is 10.6. The van der Waals surface area contributed by atoms with Crippen LogP contribution in [-0.2, 0) is 14.4 Å². The van der Waals surface area contributed by atoms with Gasteiger partial charge >= 0.3 is 0 Å². The number of amides is 3. The predicted octanol–water partition coefficient (Wildman–Crippen LogP) is 3.33. The largest absolute Gasteiger partial charge is 0.326 e. The molecule has 0 radical (unpaired) electrons. The van der Waals surface area contributed by atoms with E-state index in [1.807, 2.05) is 56.1 Å². The average molecular weight is 423 g/mol. The summed E-state index contributed by atoms with van der Waals surface area (Å²) in [5, 5.41) is 5.82. The maximum Gasteiger partial charge on any atom is 0.238 e. The summed E-state index contributed by atoms with van der Waals surface area (Å²) in [5.74, 6) is -0.0826. The first-order chi connectivity index (χ1) is 14.8. The van der Waals surface area contributed by atoms with Crippen molar-refractivity contribution in [1.29, 1.82) is 0 Å². The van der Waals surface area contributed by atoms with E-state index in [9.17, 15) is 14.4 Å². The van der Waals surface area contributed by atoms with Gasteiger partial charge in [-0.25, -0.2) is 0 Å². The van der Waals surface area contributed by atoms with E-state index in [1.54, 1.807) is 17.0 Å². The maximum absolute atomic E-state index is 12.3. The molecule has 0 atom stereocenters. The Morgan fingerprint density at radius 1 is 1.00 bits per heavy atom. The molecular weight excluding hydrogens is 392 g/mol. The molecule has 7 nitrogen and oxygen atoms in total. The molecule has 0 aromatic heterocycles. The number of aryl methyl sites for hydroxylation is 2. The van der Waals surface area contributed by atoms with Gasteiger partial charge in [-0.2, -0.15) is 0 Å². The molecule has 2 N–H and O–H groups in total. The van der Waals surface area contributed by atoms with Crippen molar-refractivity contribution in [1.82, 2.24) is 4.90 Å². The van der Waals surface area contributed by atoms with Crippen molar-refractivity contribution in [3.05, 3.63) is 53.6 Å². The molecule has 3 rings (SSSR count). The van der Waals surface area contributed by atoms with Crippen molar-refractivity contribution >= 4 is 34.8 Å². The highest BCUT2D eigenvalue weighted by Crippen LogP contribution is 2.23. The van der Waals surface area contributed by atoms with Crippen LogP contribution in [0.1, 0.15) is 30.4 Å². The van der Waals surface area contributed by atoms with Crippen molar-refractivity contribution in [2.24, 2.45) is 0 Å². The third-order valence-corrected chi connectivity index (χ3v) is 5.42. The Morgan fingerprint density at radius 2 is 1.68 bits per heavy atom. The highest BCUT2D eigenvalue weighted by molar-refractivity contribution is 5.96. The van der Waals surface area contributed by atoms with Crippen LogP contribution in [-0.4, -0.2) is 49.3 Å². The topological polar surface area (TPSA) is 81.8 Å². The predicted molar refractivity (Wildman–Crippen MR) is 123 cm³/mol. The van der Waals surface area contributed by atoms with Crippen LogP contribution in [0.5, 0.6) is 0 Å². The van der Waals surface area contributed by atoms with Crippen LogP contribution in [0.2, 0.25) is 0 Å². The van der Waals surface area contributed by atoms with Crippen molar-refractivity contribution in [2.75, 3.05) is 42.2 Å². The lowest BCUT2D eigenvalue weighted by Gasteiger charge is -2.18. The lowest BCUT2D eigenvalue weighted by molar-refractivity contribution is -0.119. The van der Waals surface area contributed by atoms with Crippen LogP contribution in [0.15, 0.2) is 42.5 Å². The molecule has 0 spiro atoms. The third-order valence-electron chi connectivity index (χ3n) is 5.42. The average Bonchev–Trinajstić information content (AvgIpc) is 3.16. The van der Waals surface area contributed by atoms with E-state index in [-0.39, 0.29) is 30.7 Å². The van der Waals surface area contributed by atoms with E-state index < -0.39 is 0 Å². The Balaban J connectivity index is 1.42. The Labute approximate surface area is 183 Å². The Morgan fingerprint density at radius 3 is 2.29 bits per heavy atom. The van der Waals surface area contributed by atoms with E-state index in [4.69, 9.17) is 0 Å². The van der Waals surface area contributed by atoms with Gasteiger partial charge in [0, 0.05) is 43.0 Å². The van der Waals surface area contributed by atoms with Crippen LogP contribution in [0.25, 0.3) is 0 Å². The van der Waals surface area contributed by atoms with Crippen molar-refractivity contribution in [2.45, 2.75) is 33.1 Å². The normalized spacial score (nSPS) is 13.5. The number of carbonyl (C=O) groups excluding carboxylic acids is 3. The number of benzene rings is 2. The van der Waals surface area contributed by atoms with Gasteiger partial charge in [0.05, 0.1) is 6.54 Å². The Hall–Kier alpha value is -3.19. The zero-order chi connectivity index (χ0) is 22.4.